The standard InChI is InChI=1S/C25H27NO/c1-16-13-19-21-7-6-20(17-5-4-12-26-15-17)24(21,2)11-9-22(19)25(3)10-8-18(27)14-23(16)25/h4-8,10,12,14-16,19,22H,9,11,13H2,1-3H3/t16?,19-,22-,24+,25+/m0/s1. The second-order valence-electron chi connectivity index (χ2n) is 9.28. The third-order valence-corrected chi connectivity index (χ3v) is 7.90. The van der Waals surface area contributed by atoms with Crippen molar-refractivity contribution < 1.29 is 4.79 Å². The summed E-state index contributed by atoms with van der Waals surface area (Å²) in [7, 11) is 0. The average Bonchev–Trinajstić information content (AvgIpc) is 3.01. The first-order valence-corrected chi connectivity index (χ1v) is 10.2. The molecular formula is C25H27NO. The Morgan fingerprint density at radius 1 is 1.19 bits per heavy atom. The van der Waals surface area contributed by atoms with E-state index in [2.05, 4.69) is 50.0 Å². The molecule has 0 amide bonds. The quantitative estimate of drug-likeness (QED) is 0.659. The number of hydrogen-bond donors (Lipinski definition) is 0. The van der Waals surface area contributed by atoms with Crippen molar-refractivity contribution in [3.05, 3.63) is 71.6 Å². The molecule has 2 nitrogen and oxygen atoms in total. The lowest BCUT2D eigenvalue weighted by Crippen LogP contribution is -2.48. The van der Waals surface area contributed by atoms with Gasteiger partial charge in [-0.05, 0) is 66.4 Å². The zero-order chi connectivity index (χ0) is 18.8. The van der Waals surface area contributed by atoms with Gasteiger partial charge in [0.15, 0.2) is 5.78 Å². The summed E-state index contributed by atoms with van der Waals surface area (Å²) in [5.74, 6) is 1.79. The van der Waals surface area contributed by atoms with Gasteiger partial charge in [-0.25, -0.2) is 0 Å². The van der Waals surface area contributed by atoms with Crippen LogP contribution in [-0.4, -0.2) is 10.8 Å². The molecule has 2 fully saturated rings. The van der Waals surface area contributed by atoms with Crippen molar-refractivity contribution in [1.82, 2.24) is 4.98 Å². The van der Waals surface area contributed by atoms with E-state index in [0.717, 1.165) is 6.42 Å². The Bertz CT molecular complexity index is 934. The zero-order valence-corrected chi connectivity index (χ0v) is 16.4. The van der Waals surface area contributed by atoms with Crippen molar-refractivity contribution >= 4 is 11.4 Å². The largest absolute Gasteiger partial charge is 0.290 e. The molecule has 1 heterocycles. The smallest absolute Gasteiger partial charge is 0.178 e. The molecule has 0 aromatic carbocycles. The van der Waals surface area contributed by atoms with Crippen LogP contribution in [0.5, 0.6) is 0 Å². The number of allylic oxidation sites excluding steroid dienone is 8. The average molecular weight is 357 g/mol. The number of ketones is 1. The molecule has 1 aromatic heterocycles. The lowest BCUT2D eigenvalue weighted by molar-refractivity contribution is -0.110. The molecule has 0 spiro atoms. The Labute approximate surface area is 161 Å². The van der Waals surface area contributed by atoms with Crippen molar-refractivity contribution in [3.63, 3.8) is 0 Å². The fourth-order valence-electron chi connectivity index (χ4n) is 6.54. The molecule has 1 aromatic rings. The van der Waals surface area contributed by atoms with Gasteiger partial charge in [0.2, 0.25) is 0 Å². The van der Waals surface area contributed by atoms with Gasteiger partial charge < -0.3 is 0 Å². The van der Waals surface area contributed by atoms with Crippen molar-refractivity contribution in [1.29, 1.82) is 0 Å². The van der Waals surface area contributed by atoms with Crippen LogP contribution in [0.4, 0.5) is 0 Å². The normalized spacial score (nSPS) is 39.7. The van der Waals surface area contributed by atoms with Gasteiger partial charge in [0, 0.05) is 23.2 Å². The Balaban J connectivity index is 1.54. The van der Waals surface area contributed by atoms with E-state index >= 15 is 0 Å². The molecule has 5 rings (SSSR count). The van der Waals surface area contributed by atoms with Crippen LogP contribution in [-0.2, 0) is 4.79 Å². The van der Waals surface area contributed by atoms with E-state index in [-0.39, 0.29) is 16.6 Å². The van der Waals surface area contributed by atoms with Crippen molar-refractivity contribution in [2.24, 2.45) is 28.6 Å². The molecule has 2 saturated carbocycles. The maximum atomic E-state index is 12.0. The Morgan fingerprint density at radius 2 is 2.04 bits per heavy atom. The van der Waals surface area contributed by atoms with Crippen LogP contribution in [0, 0.1) is 28.6 Å². The highest BCUT2D eigenvalue weighted by atomic mass is 16.1. The Kier molecular flexibility index (Phi) is 3.53. The van der Waals surface area contributed by atoms with Gasteiger partial charge in [-0.15, -0.1) is 0 Å². The number of aromatic nitrogens is 1. The van der Waals surface area contributed by atoms with Gasteiger partial charge in [0.05, 0.1) is 0 Å². The number of carbonyl (C=O) groups excluding carboxylic acids is 1. The molecule has 4 aliphatic carbocycles. The lowest BCUT2D eigenvalue weighted by atomic mass is 9.47. The zero-order valence-electron chi connectivity index (χ0n) is 16.4. The van der Waals surface area contributed by atoms with Crippen LogP contribution in [0.25, 0.3) is 5.57 Å². The van der Waals surface area contributed by atoms with E-state index in [9.17, 15) is 4.79 Å². The maximum absolute atomic E-state index is 12.0. The van der Waals surface area contributed by atoms with Crippen LogP contribution in [0.3, 0.4) is 0 Å². The summed E-state index contributed by atoms with van der Waals surface area (Å²) in [6.07, 6.45) is 18.1. The third-order valence-electron chi connectivity index (χ3n) is 7.90. The molecule has 27 heavy (non-hydrogen) atoms. The van der Waals surface area contributed by atoms with Crippen LogP contribution in [0.2, 0.25) is 0 Å². The van der Waals surface area contributed by atoms with Crippen molar-refractivity contribution in [3.8, 4) is 0 Å². The molecule has 0 saturated heterocycles. The number of carbonyl (C=O) groups is 1. The van der Waals surface area contributed by atoms with E-state index in [4.69, 9.17) is 0 Å². The second kappa shape index (κ2) is 5.64. The Morgan fingerprint density at radius 3 is 2.81 bits per heavy atom. The topological polar surface area (TPSA) is 30.0 Å². The minimum atomic E-state index is 0.0233. The van der Waals surface area contributed by atoms with Crippen molar-refractivity contribution in [2.75, 3.05) is 0 Å². The first kappa shape index (κ1) is 16.9. The molecule has 138 valence electrons. The number of rotatable bonds is 1. The van der Waals surface area contributed by atoms with E-state index in [0.29, 0.717) is 17.8 Å². The number of nitrogens with zero attached hydrogens (tertiary/aromatic N) is 1. The van der Waals surface area contributed by atoms with Gasteiger partial charge >= 0.3 is 0 Å². The van der Waals surface area contributed by atoms with Crippen LogP contribution in [0.1, 0.15) is 45.6 Å². The summed E-state index contributed by atoms with van der Waals surface area (Å²) in [6.45, 7) is 7.10. The van der Waals surface area contributed by atoms with Crippen LogP contribution in [0.15, 0.2) is 66.1 Å². The minimum absolute atomic E-state index is 0.0233. The summed E-state index contributed by atoms with van der Waals surface area (Å²) in [5.41, 5.74) is 5.79. The summed E-state index contributed by atoms with van der Waals surface area (Å²) in [4.78, 5) is 16.4. The van der Waals surface area contributed by atoms with Crippen molar-refractivity contribution in [2.45, 2.75) is 40.0 Å². The first-order chi connectivity index (χ1) is 12.9. The monoisotopic (exact) mass is 357 g/mol. The second-order valence-corrected chi connectivity index (χ2v) is 9.28. The lowest BCUT2D eigenvalue weighted by Gasteiger charge is -2.56. The summed E-state index contributed by atoms with van der Waals surface area (Å²) in [6, 6.07) is 4.22. The van der Waals surface area contributed by atoms with Gasteiger partial charge in [0.25, 0.3) is 0 Å². The fraction of sp³-hybridized carbons (Fsp3) is 0.440. The van der Waals surface area contributed by atoms with E-state index in [1.54, 1.807) is 11.6 Å². The van der Waals surface area contributed by atoms with Gasteiger partial charge in [-0.3, -0.25) is 9.78 Å². The van der Waals surface area contributed by atoms with Gasteiger partial charge in [-0.2, -0.15) is 0 Å². The summed E-state index contributed by atoms with van der Waals surface area (Å²) >= 11 is 0. The highest BCUT2D eigenvalue weighted by molar-refractivity contribution is 6.01. The predicted octanol–water partition coefficient (Wildman–Crippen LogP) is 5.55. The third kappa shape index (κ3) is 2.25. The van der Waals surface area contributed by atoms with E-state index in [1.807, 2.05) is 24.5 Å². The molecule has 0 bridgehead atoms. The number of fused-ring (bicyclic) bond motifs is 5. The summed E-state index contributed by atoms with van der Waals surface area (Å²) in [5, 5.41) is 0. The van der Waals surface area contributed by atoms with Crippen LogP contribution >= 0.6 is 0 Å². The van der Waals surface area contributed by atoms with Gasteiger partial charge in [-0.1, -0.05) is 56.2 Å². The molecule has 0 N–H and O–H groups in total. The predicted molar refractivity (Wildman–Crippen MR) is 109 cm³/mol. The SMILES string of the molecule is CC1C[C@H]2C3=CC=C(c4cccnc4)[C@@]3(C)CC[C@@H]2[C@@]2(C)C=CC(=O)C=C12. The number of pyridine rings is 1. The molecule has 2 heteroatoms. The molecule has 0 aliphatic heterocycles. The van der Waals surface area contributed by atoms with Gasteiger partial charge in [0.1, 0.15) is 0 Å². The highest BCUT2D eigenvalue weighted by Gasteiger charge is 2.55. The molecular weight excluding hydrogens is 330 g/mol. The van der Waals surface area contributed by atoms with Crippen LogP contribution < -0.4 is 0 Å². The molecule has 5 atom stereocenters. The Hall–Kier alpha value is -2.22. The van der Waals surface area contributed by atoms with E-state index < -0.39 is 0 Å². The number of hydrogen-bond acceptors (Lipinski definition) is 2. The molecule has 1 unspecified atom stereocenters. The maximum Gasteiger partial charge on any atom is 0.178 e. The highest BCUT2D eigenvalue weighted by Crippen LogP contribution is 2.65. The molecule has 4 aliphatic rings. The molecule has 0 radical (unpaired) electrons. The van der Waals surface area contributed by atoms with E-state index in [1.165, 1.54) is 29.6 Å². The summed E-state index contributed by atoms with van der Waals surface area (Å²) < 4.78 is 0. The minimum Gasteiger partial charge on any atom is -0.290 e. The first-order valence-electron chi connectivity index (χ1n) is 10.2. The fourth-order valence-corrected chi connectivity index (χ4v) is 6.54.